The Morgan fingerprint density at radius 1 is 1.08 bits per heavy atom. The van der Waals surface area contributed by atoms with Gasteiger partial charge in [-0.3, -0.25) is 14.3 Å². The van der Waals surface area contributed by atoms with Crippen molar-refractivity contribution in [3.63, 3.8) is 0 Å². The van der Waals surface area contributed by atoms with E-state index in [0.717, 1.165) is 5.56 Å². The van der Waals surface area contributed by atoms with Crippen molar-refractivity contribution in [2.45, 2.75) is 93.9 Å². The molecule has 2 aromatic carbocycles. The van der Waals surface area contributed by atoms with E-state index in [-0.39, 0.29) is 24.6 Å². The molecule has 0 aliphatic carbocycles. The normalized spacial score (nSPS) is 30.5. The van der Waals surface area contributed by atoms with Gasteiger partial charge in [-0.1, -0.05) is 24.3 Å². The molecule has 2 fully saturated rings. The van der Waals surface area contributed by atoms with Crippen molar-refractivity contribution in [1.82, 2.24) is 15.0 Å². The maximum Gasteiger partial charge on any atom is 0.264 e. The topological polar surface area (TPSA) is 229 Å². The van der Waals surface area contributed by atoms with E-state index in [1.54, 1.807) is 53.2 Å². The summed E-state index contributed by atoms with van der Waals surface area (Å²) in [6, 6.07) is 12.1. The average molecular weight is 728 g/mol. The van der Waals surface area contributed by atoms with Crippen molar-refractivity contribution in [1.29, 1.82) is 0 Å². The van der Waals surface area contributed by atoms with Crippen molar-refractivity contribution in [2.24, 2.45) is 5.92 Å². The largest absolute Gasteiger partial charge is 0.497 e. The highest BCUT2D eigenvalue weighted by Gasteiger charge is 2.66. The highest BCUT2D eigenvalue weighted by molar-refractivity contribution is 6.71. The number of carbonyl (C=O) groups excluding carboxylic acids is 2. The van der Waals surface area contributed by atoms with E-state index in [9.17, 15) is 39.9 Å². The first-order valence-corrected chi connectivity index (χ1v) is 19.9. The van der Waals surface area contributed by atoms with E-state index in [0.29, 0.717) is 47.8 Å². The minimum Gasteiger partial charge on any atom is -0.497 e. The molecule has 0 bridgehead atoms. The Balaban J connectivity index is 1.24. The van der Waals surface area contributed by atoms with E-state index in [1.165, 1.54) is 0 Å². The molecule has 16 nitrogen and oxygen atoms in total. The number of hydrogen-bond donors (Lipinski definition) is 7. The number of nitrogens with one attached hydrogen (secondary N) is 1. The van der Waals surface area contributed by atoms with Gasteiger partial charge in [0.05, 0.1) is 31.1 Å². The van der Waals surface area contributed by atoms with Crippen LogP contribution in [0.25, 0.3) is 0 Å². The molecule has 4 heterocycles. The molecule has 0 saturated carbocycles. The number of fused-ring (bicyclic) bond motifs is 2. The molecule has 276 valence electrons. The van der Waals surface area contributed by atoms with Gasteiger partial charge in [0.1, 0.15) is 24.1 Å². The number of aromatic nitrogens is 3. The number of nitrogens with zero attached hydrogens (tertiary/aromatic N) is 4. The van der Waals surface area contributed by atoms with Gasteiger partial charge in [0.25, 0.3) is 11.8 Å². The molecule has 3 aliphatic heterocycles. The van der Waals surface area contributed by atoms with Crippen molar-refractivity contribution >= 4 is 31.5 Å². The van der Waals surface area contributed by atoms with Crippen LogP contribution in [-0.4, -0.2) is 116 Å². The molecule has 1 aromatic heterocycles. The lowest BCUT2D eigenvalue weighted by molar-refractivity contribution is -0.274. The van der Waals surface area contributed by atoms with E-state index in [2.05, 4.69) is 15.6 Å². The van der Waals surface area contributed by atoms with Gasteiger partial charge in [-0.15, -0.1) is 5.10 Å². The van der Waals surface area contributed by atoms with Crippen molar-refractivity contribution < 1.29 is 54.1 Å². The summed E-state index contributed by atoms with van der Waals surface area (Å²) in [5.74, 6) is -0.942. The van der Waals surface area contributed by atoms with Crippen LogP contribution in [0.5, 0.6) is 5.75 Å². The molecule has 17 heteroatoms. The first-order valence-electron chi connectivity index (χ1n) is 16.9. The molecule has 1 spiro atoms. The van der Waals surface area contributed by atoms with E-state index in [1.807, 2.05) is 32.2 Å². The summed E-state index contributed by atoms with van der Waals surface area (Å²) in [6.07, 6.45) is -6.63. The van der Waals surface area contributed by atoms with Crippen LogP contribution >= 0.6 is 0 Å². The Bertz CT molecular complexity index is 1740. The second kappa shape index (κ2) is 14.3. The van der Waals surface area contributed by atoms with E-state index < -0.39 is 62.6 Å². The fourth-order valence-corrected chi connectivity index (χ4v) is 10.3. The predicted octanol–water partition coefficient (Wildman–Crippen LogP) is -0.00520. The number of benzene rings is 2. The Labute approximate surface area is 295 Å². The van der Waals surface area contributed by atoms with Crippen LogP contribution in [0, 0.1) is 5.92 Å². The Kier molecular flexibility index (Phi) is 10.4. The fraction of sp³-hybridized carbons (Fsp3) is 0.529. The van der Waals surface area contributed by atoms with Crippen LogP contribution in [0.1, 0.15) is 30.2 Å². The highest BCUT2D eigenvalue weighted by atomic mass is 28.4. The van der Waals surface area contributed by atoms with E-state index in [4.69, 9.17) is 14.2 Å². The number of aliphatic hydroxyl groups excluding tert-OH is 5. The number of ether oxygens (including phenoxy) is 3. The second-order valence-corrected chi connectivity index (χ2v) is 17.9. The van der Waals surface area contributed by atoms with Gasteiger partial charge in [-0.25, -0.2) is 0 Å². The lowest BCUT2D eigenvalue weighted by Gasteiger charge is -2.37. The summed E-state index contributed by atoms with van der Waals surface area (Å²) in [6.45, 7) is 6.23. The molecule has 2 amide bonds. The quantitative estimate of drug-likeness (QED) is 0.129. The molecular formula is C34H45N5O11Si. The summed E-state index contributed by atoms with van der Waals surface area (Å²) >= 11 is 0. The first-order chi connectivity index (χ1) is 24.2. The van der Waals surface area contributed by atoms with Gasteiger partial charge in [-0.2, -0.15) is 0 Å². The van der Waals surface area contributed by atoms with Gasteiger partial charge in [0.2, 0.25) is 0 Å². The van der Waals surface area contributed by atoms with Crippen LogP contribution in [0.15, 0.2) is 48.7 Å². The third kappa shape index (κ3) is 6.81. The summed E-state index contributed by atoms with van der Waals surface area (Å²) in [5, 5.41) is 59.8. The maximum absolute atomic E-state index is 14.8. The monoisotopic (exact) mass is 727 g/mol. The summed E-state index contributed by atoms with van der Waals surface area (Å²) < 4.78 is 19.2. The van der Waals surface area contributed by atoms with Crippen LogP contribution in [0.2, 0.25) is 18.6 Å². The molecule has 7 N–H and O–H groups in total. The number of hydrogen-bond acceptors (Lipinski definition) is 13. The van der Waals surface area contributed by atoms with Crippen molar-refractivity contribution in [3.8, 4) is 5.75 Å². The van der Waals surface area contributed by atoms with Gasteiger partial charge in [0.15, 0.2) is 26.3 Å². The number of methoxy groups -OCH3 is 1. The fourth-order valence-electron chi connectivity index (χ4n) is 7.71. The van der Waals surface area contributed by atoms with Gasteiger partial charge < -0.3 is 54.8 Å². The lowest BCUT2D eigenvalue weighted by atomic mass is 9.82. The number of amides is 2. The summed E-state index contributed by atoms with van der Waals surface area (Å²) in [7, 11) is -1.36. The van der Waals surface area contributed by atoms with Crippen LogP contribution in [-0.2, 0) is 44.2 Å². The summed E-state index contributed by atoms with van der Waals surface area (Å²) in [4.78, 5) is 40.8. The third-order valence-electron chi connectivity index (χ3n) is 10.2. The molecule has 3 aliphatic rings. The summed E-state index contributed by atoms with van der Waals surface area (Å²) in [5.41, 5.74) is 1.32. The number of aryl methyl sites for hydroxylation is 1. The Morgan fingerprint density at radius 3 is 2.47 bits per heavy atom. The number of anilines is 2. The minimum atomic E-state index is -2.91. The molecular weight excluding hydrogens is 682 g/mol. The molecule has 3 aromatic rings. The molecule has 0 unspecified atom stereocenters. The van der Waals surface area contributed by atoms with Crippen LogP contribution in [0.4, 0.5) is 11.4 Å². The maximum atomic E-state index is 14.8. The highest BCUT2D eigenvalue weighted by Crippen LogP contribution is 2.60. The van der Waals surface area contributed by atoms with Crippen molar-refractivity contribution in [3.05, 3.63) is 65.5 Å². The standard InChI is InChI=1S/C34H45N5O11Si/c1-18-30(51(3,4)47)25(11-13-38-17-21(12-14-40)36-37-38)50-34(18)23-15-22(48-2)9-10-24(23)39(33(34)46)16-19-5-7-20(8-6-19)35-31(44)29-27(42)26(41)28(43)32(45)49-29/h5-10,15,17-18,25-30,32,40-43,45,47H,11-14,16H2,1-4H3,(H,35,44)/t18-,25+,26-,27-,28+,29-,30-,32+,34+/m0/s1. The molecule has 51 heavy (non-hydrogen) atoms. The number of rotatable bonds is 11. The zero-order valence-electron chi connectivity index (χ0n) is 28.8. The Morgan fingerprint density at radius 2 is 1.80 bits per heavy atom. The molecule has 2 saturated heterocycles. The second-order valence-electron chi connectivity index (χ2n) is 14.0. The lowest BCUT2D eigenvalue weighted by Crippen LogP contribution is -2.60. The predicted molar refractivity (Wildman–Crippen MR) is 183 cm³/mol. The molecule has 9 atom stereocenters. The Hall–Kier alpha value is -3.78. The van der Waals surface area contributed by atoms with Crippen molar-refractivity contribution in [2.75, 3.05) is 23.9 Å². The number of aliphatic hydroxyl groups is 5. The first kappa shape index (κ1) is 37.0. The van der Waals surface area contributed by atoms with Crippen LogP contribution in [0.3, 0.4) is 0 Å². The van der Waals surface area contributed by atoms with Gasteiger partial charge in [-0.05, 0) is 55.4 Å². The van der Waals surface area contributed by atoms with Gasteiger partial charge >= 0.3 is 0 Å². The SMILES string of the molecule is COc1ccc2c(c1)[C@@]1(O[C@H](CCn3cc(CCO)nn3)[C@@H]([Si](C)(C)O)[C@@H]1C)C(=O)N2Cc1ccc(NC(=O)[C@H]2O[C@@H](O)[C@H](O)[C@@H](O)[C@@H]2O)cc1. The third-order valence-corrected chi connectivity index (χ3v) is 12.7. The van der Waals surface area contributed by atoms with E-state index >= 15 is 0 Å². The molecule has 6 rings (SSSR count). The zero-order chi connectivity index (χ0) is 36.8. The molecule has 0 radical (unpaired) electrons. The van der Waals surface area contributed by atoms with Crippen LogP contribution < -0.4 is 15.0 Å². The van der Waals surface area contributed by atoms with Gasteiger partial charge in [0, 0.05) is 48.5 Å². The minimum absolute atomic E-state index is 0.0378. The zero-order valence-corrected chi connectivity index (χ0v) is 29.8. The smallest absolute Gasteiger partial charge is 0.264 e. The number of carbonyl (C=O) groups is 2. The average Bonchev–Trinajstić information content (AvgIpc) is 3.74.